The third-order valence-corrected chi connectivity index (χ3v) is 6.15. The molecule has 184 valence electrons. The van der Waals surface area contributed by atoms with Crippen LogP contribution in [-0.2, 0) is 9.59 Å². The predicted octanol–water partition coefficient (Wildman–Crippen LogP) is 4.12. The minimum Gasteiger partial charge on any atom is -0.497 e. The van der Waals surface area contributed by atoms with Crippen molar-refractivity contribution in [2.75, 3.05) is 39.9 Å². The van der Waals surface area contributed by atoms with Crippen LogP contribution in [0.3, 0.4) is 0 Å². The monoisotopic (exact) mass is 470 g/mol. The number of ether oxygens (including phenoxy) is 4. The van der Waals surface area contributed by atoms with Gasteiger partial charge in [0, 0.05) is 25.1 Å². The van der Waals surface area contributed by atoms with Crippen LogP contribution < -0.4 is 29.2 Å². The molecule has 0 bridgehead atoms. The van der Waals surface area contributed by atoms with E-state index < -0.39 is 12.0 Å². The largest absolute Gasteiger partial charge is 0.497 e. The van der Waals surface area contributed by atoms with E-state index >= 15 is 0 Å². The molecule has 2 aromatic rings. The Morgan fingerprint density at radius 3 is 2.18 bits per heavy atom. The zero-order valence-electron chi connectivity index (χ0n) is 20.6. The number of carbonyl (C=O) groups excluding carboxylic acids is 2. The molecule has 34 heavy (non-hydrogen) atoms. The molecule has 0 saturated carbocycles. The maximum absolute atomic E-state index is 13.3. The van der Waals surface area contributed by atoms with E-state index in [2.05, 4.69) is 12.2 Å². The Hall–Kier alpha value is -3.42. The van der Waals surface area contributed by atoms with Crippen LogP contribution in [0.5, 0.6) is 23.0 Å². The molecule has 1 aliphatic heterocycles. The number of piperidine rings is 1. The van der Waals surface area contributed by atoms with Gasteiger partial charge in [-0.3, -0.25) is 9.59 Å². The molecule has 2 atom stereocenters. The summed E-state index contributed by atoms with van der Waals surface area (Å²) in [7, 11) is 6.20. The molecular formula is C26H34N2O6. The summed E-state index contributed by atoms with van der Waals surface area (Å²) in [6, 6.07) is 10.5. The summed E-state index contributed by atoms with van der Waals surface area (Å²) in [5.74, 6) is 1.47. The van der Waals surface area contributed by atoms with E-state index in [1.165, 1.54) is 21.3 Å². The second-order valence-corrected chi connectivity index (χ2v) is 8.16. The van der Waals surface area contributed by atoms with Crippen molar-refractivity contribution in [3.05, 3.63) is 42.0 Å². The average Bonchev–Trinajstić information content (AvgIpc) is 2.87. The van der Waals surface area contributed by atoms with Crippen LogP contribution in [0.25, 0.3) is 0 Å². The number of benzene rings is 2. The smallest absolute Gasteiger partial charge is 0.227 e. The van der Waals surface area contributed by atoms with Gasteiger partial charge in [0.15, 0.2) is 11.5 Å². The Labute approximate surface area is 201 Å². The van der Waals surface area contributed by atoms with Crippen molar-refractivity contribution in [2.24, 2.45) is 5.92 Å². The van der Waals surface area contributed by atoms with E-state index in [0.29, 0.717) is 41.7 Å². The van der Waals surface area contributed by atoms with Gasteiger partial charge in [0.25, 0.3) is 0 Å². The molecule has 1 aliphatic rings. The molecule has 8 nitrogen and oxygen atoms in total. The number of nitrogens with one attached hydrogen (secondary N) is 1. The van der Waals surface area contributed by atoms with E-state index in [9.17, 15) is 9.59 Å². The Bertz CT molecular complexity index is 966. The van der Waals surface area contributed by atoms with Crippen LogP contribution in [-0.4, -0.2) is 46.8 Å². The van der Waals surface area contributed by atoms with Gasteiger partial charge in [0.2, 0.25) is 17.6 Å². The summed E-state index contributed by atoms with van der Waals surface area (Å²) in [6.07, 6.45) is 2.62. The molecule has 2 aromatic carbocycles. The minimum atomic E-state index is -0.503. The lowest BCUT2D eigenvalue weighted by molar-refractivity contribution is -0.129. The summed E-state index contributed by atoms with van der Waals surface area (Å²) < 4.78 is 21.8. The number of methoxy groups -OCH3 is 4. The first-order chi connectivity index (χ1) is 16.5. The highest BCUT2D eigenvalue weighted by atomic mass is 16.5. The summed E-state index contributed by atoms with van der Waals surface area (Å²) in [5.41, 5.74) is 1.42. The molecule has 1 N–H and O–H groups in total. The zero-order valence-corrected chi connectivity index (χ0v) is 20.6. The van der Waals surface area contributed by atoms with Crippen molar-refractivity contribution in [1.82, 2.24) is 5.32 Å². The molecule has 0 aliphatic carbocycles. The van der Waals surface area contributed by atoms with Gasteiger partial charge in [-0.25, -0.2) is 0 Å². The van der Waals surface area contributed by atoms with Gasteiger partial charge >= 0.3 is 0 Å². The molecule has 2 amide bonds. The van der Waals surface area contributed by atoms with Crippen molar-refractivity contribution in [1.29, 1.82) is 0 Å². The van der Waals surface area contributed by atoms with E-state index in [1.807, 2.05) is 24.3 Å². The molecule has 1 heterocycles. The first-order valence-electron chi connectivity index (χ1n) is 11.5. The highest BCUT2D eigenvalue weighted by Crippen LogP contribution is 2.46. The van der Waals surface area contributed by atoms with E-state index in [0.717, 1.165) is 18.4 Å². The number of nitrogens with zero attached hydrogens (tertiary/aromatic N) is 1. The Morgan fingerprint density at radius 2 is 1.65 bits per heavy atom. The lowest BCUT2D eigenvalue weighted by Crippen LogP contribution is -2.48. The third kappa shape index (κ3) is 5.21. The van der Waals surface area contributed by atoms with E-state index in [-0.39, 0.29) is 18.2 Å². The molecular weight excluding hydrogens is 436 g/mol. The molecule has 0 aromatic heterocycles. The number of anilines is 1. The molecule has 0 spiro atoms. The van der Waals surface area contributed by atoms with Crippen LogP contribution in [0, 0.1) is 5.92 Å². The molecule has 1 fully saturated rings. The predicted molar refractivity (Wildman–Crippen MR) is 130 cm³/mol. The SMILES string of the molecule is CCCCNC(=O)[C@H]1CCC(=O)N(c2cc(OC)c(OC)c(OC)c2)[C@H]1c1ccc(OC)cc1. The maximum Gasteiger partial charge on any atom is 0.227 e. The van der Waals surface area contributed by atoms with Gasteiger partial charge < -0.3 is 29.2 Å². The van der Waals surface area contributed by atoms with E-state index in [4.69, 9.17) is 18.9 Å². The minimum absolute atomic E-state index is 0.0563. The van der Waals surface area contributed by atoms with Crippen LogP contribution >= 0.6 is 0 Å². The topological polar surface area (TPSA) is 86.3 Å². The standard InChI is InChI=1S/C26H34N2O6/c1-6-7-14-27-26(30)20-12-13-23(29)28(24(20)17-8-10-19(31-2)11-9-17)18-15-21(32-3)25(34-5)22(16-18)33-4/h8-11,15-16,20,24H,6-7,12-14H2,1-5H3,(H,27,30)/t20-,24-/m0/s1. The van der Waals surface area contributed by atoms with Crippen molar-refractivity contribution in [2.45, 2.75) is 38.6 Å². The van der Waals surface area contributed by atoms with Crippen LogP contribution in [0.4, 0.5) is 5.69 Å². The van der Waals surface area contributed by atoms with Crippen LogP contribution in [0.15, 0.2) is 36.4 Å². The fourth-order valence-electron chi connectivity index (χ4n) is 4.38. The zero-order chi connectivity index (χ0) is 24.7. The Morgan fingerprint density at radius 1 is 1.00 bits per heavy atom. The summed E-state index contributed by atoms with van der Waals surface area (Å²) >= 11 is 0. The number of rotatable bonds is 10. The summed E-state index contributed by atoms with van der Waals surface area (Å²) in [6.45, 7) is 2.69. The molecule has 3 rings (SSSR count). The first-order valence-corrected chi connectivity index (χ1v) is 11.5. The highest BCUT2D eigenvalue weighted by Gasteiger charge is 2.42. The van der Waals surface area contributed by atoms with Crippen molar-refractivity contribution < 1.29 is 28.5 Å². The maximum atomic E-state index is 13.3. The second-order valence-electron chi connectivity index (χ2n) is 8.16. The molecule has 1 saturated heterocycles. The van der Waals surface area contributed by atoms with Crippen LogP contribution in [0.1, 0.15) is 44.2 Å². The quantitative estimate of drug-likeness (QED) is 0.526. The van der Waals surface area contributed by atoms with Gasteiger partial charge in [-0.1, -0.05) is 25.5 Å². The lowest BCUT2D eigenvalue weighted by Gasteiger charge is -2.41. The first kappa shape index (κ1) is 25.2. The Kier molecular flexibility index (Phi) is 8.62. The van der Waals surface area contributed by atoms with Gasteiger partial charge in [-0.05, 0) is 30.5 Å². The summed E-state index contributed by atoms with van der Waals surface area (Å²) in [4.78, 5) is 28.3. The van der Waals surface area contributed by atoms with Crippen molar-refractivity contribution in [3.8, 4) is 23.0 Å². The number of hydrogen-bond acceptors (Lipinski definition) is 6. The number of amides is 2. The molecule has 0 radical (unpaired) electrons. The van der Waals surface area contributed by atoms with Gasteiger partial charge in [-0.2, -0.15) is 0 Å². The second kappa shape index (κ2) is 11.6. The van der Waals surface area contributed by atoms with Gasteiger partial charge in [-0.15, -0.1) is 0 Å². The number of unbranched alkanes of at least 4 members (excludes halogenated alkanes) is 1. The Balaban J connectivity index is 2.11. The molecule has 0 unspecified atom stereocenters. The van der Waals surface area contributed by atoms with Crippen molar-refractivity contribution >= 4 is 17.5 Å². The van der Waals surface area contributed by atoms with Gasteiger partial charge in [0.05, 0.1) is 46.1 Å². The fourth-order valence-corrected chi connectivity index (χ4v) is 4.38. The van der Waals surface area contributed by atoms with Crippen molar-refractivity contribution in [3.63, 3.8) is 0 Å². The highest BCUT2D eigenvalue weighted by molar-refractivity contribution is 5.98. The normalized spacial score (nSPS) is 17.8. The number of hydrogen-bond donors (Lipinski definition) is 1. The van der Waals surface area contributed by atoms with Gasteiger partial charge in [0.1, 0.15) is 5.75 Å². The third-order valence-electron chi connectivity index (χ3n) is 6.15. The fraction of sp³-hybridized carbons (Fsp3) is 0.462. The van der Waals surface area contributed by atoms with Crippen LogP contribution in [0.2, 0.25) is 0 Å². The number of carbonyl (C=O) groups is 2. The summed E-state index contributed by atoms with van der Waals surface area (Å²) in [5, 5.41) is 3.05. The van der Waals surface area contributed by atoms with E-state index in [1.54, 1.807) is 24.1 Å². The molecule has 8 heteroatoms. The lowest BCUT2D eigenvalue weighted by atomic mass is 9.83. The average molecular weight is 471 g/mol.